The van der Waals surface area contributed by atoms with Crippen molar-refractivity contribution in [3.8, 4) is 6.07 Å². The average molecular weight is 451 g/mol. The summed E-state index contributed by atoms with van der Waals surface area (Å²) in [7, 11) is 0. The summed E-state index contributed by atoms with van der Waals surface area (Å²) in [5.41, 5.74) is 0.607. The Morgan fingerprint density at radius 3 is 2.61 bits per heavy atom. The van der Waals surface area contributed by atoms with Crippen LogP contribution in [0.15, 0.2) is 34.7 Å². The Morgan fingerprint density at radius 1 is 1.12 bits per heavy atom. The zero-order valence-electron chi connectivity index (χ0n) is 18.6. The van der Waals surface area contributed by atoms with Gasteiger partial charge in [0, 0.05) is 17.8 Å². The fourth-order valence-corrected chi connectivity index (χ4v) is 4.88. The minimum Gasteiger partial charge on any atom is -0.451 e. The van der Waals surface area contributed by atoms with E-state index in [9.17, 15) is 19.6 Å². The third kappa shape index (κ3) is 5.72. The van der Waals surface area contributed by atoms with Crippen molar-refractivity contribution >= 4 is 28.7 Å². The monoisotopic (exact) mass is 450 g/mol. The van der Waals surface area contributed by atoms with Crippen LogP contribution in [0.2, 0.25) is 0 Å². The topological polar surface area (TPSA) is 124 Å². The molecule has 0 unspecified atom stereocenters. The Balaban J connectivity index is 1.45. The van der Waals surface area contributed by atoms with E-state index in [1.807, 2.05) is 18.2 Å². The molecule has 174 valence electrons. The maximum Gasteiger partial charge on any atom is 0.287 e. The number of para-hydroxylation sites is 1. The van der Waals surface area contributed by atoms with Crippen molar-refractivity contribution < 1.29 is 18.8 Å². The smallest absolute Gasteiger partial charge is 0.287 e. The number of furan rings is 1. The highest BCUT2D eigenvalue weighted by Gasteiger charge is 2.31. The molecule has 3 N–H and O–H groups in total. The second-order valence-electron chi connectivity index (χ2n) is 9.12. The first kappa shape index (κ1) is 22.8. The van der Waals surface area contributed by atoms with Crippen LogP contribution in [0.25, 0.3) is 11.0 Å². The summed E-state index contributed by atoms with van der Waals surface area (Å²) in [6.07, 6.45) is 6.91. The number of benzene rings is 1. The van der Waals surface area contributed by atoms with Crippen molar-refractivity contribution in [1.82, 2.24) is 16.0 Å². The molecule has 1 aliphatic carbocycles. The number of carbonyl (C=O) groups excluding carboxylic acids is 3. The van der Waals surface area contributed by atoms with E-state index in [0.29, 0.717) is 30.9 Å². The lowest BCUT2D eigenvalue weighted by Crippen LogP contribution is -2.50. The molecule has 2 aliphatic rings. The van der Waals surface area contributed by atoms with Crippen LogP contribution < -0.4 is 16.0 Å². The maximum atomic E-state index is 13.2. The number of nitrogens with one attached hydrogen (secondary N) is 3. The number of nitrogens with zero attached hydrogens (tertiary/aromatic N) is 1. The molecule has 4 rings (SSSR count). The molecule has 8 nitrogen and oxygen atoms in total. The molecule has 0 bridgehead atoms. The van der Waals surface area contributed by atoms with Crippen molar-refractivity contribution in [2.24, 2.45) is 11.8 Å². The molecular formula is C25H30N4O4. The van der Waals surface area contributed by atoms with Crippen molar-refractivity contribution in [3.05, 3.63) is 36.1 Å². The first-order valence-electron chi connectivity index (χ1n) is 11.8. The van der Waals surface area contributed by atoms with Gasteiger partial charge in [0.2, 0.25) is 11.8 Å². The van der Waals surface area contributed by atoms with E-state index in [1.54, 1.807) is 12.1 Å². The summed E-state index contributed by atoms with van der Waals surface area (Å²) in [6.45, 7) is 0.591. The van der Waals surface area contributed by atoms with E-state index in [-0.39, 0.29) is 24.0 Å². The third-order valence-electron chi connectivity index (χ3n) is 6.72. The van der Waals surface area contributed by atoms with E-state index in [2.05, 4.69) is 22.0 Å². The summed E-state index contributed by atoms with van der Waals surface area (Å²) in [5.74, 6) is -0.720. The van der Waals surface area contributed by atoms with Gasteiger partial charge in [0.1, 0.15) is 17.7 Å². The minimum atomic E-state index is -0.789. The number of rotatable bonds is 8. The predicted octanol–water partition coefficient (Wildman–Crippen LogP) is 3.04. The third-order valence-corrected chi connectivity index (χ3v) is 6.72. The van der Waals surface area contributed by atoms with Gasteiger partial charge in [-0.3, -0.25) is 14.4 Å². The molecule has 8 heteroatoms. The van der Waals surface area contributed by atoms with Gasteiger partial charge in [0.15, 0.2) is 5.76 Å². The Kier molecular flexibility index (Phi) is 7.28. The van der Waals surface area contributed by atoms with Crippen LogP contribution in [0.4, 0.5) is 0 Å². The number of nitriles is 1. The molecule has 2 aromatic rings. The van der Waals surface area contributed by atoms with Gasteiger partial charge in [-0.25, -0.2) is 0 Å². The van der Waals surface area contributed by atoms with Crippen LogP contribution in [0.3, 0.4) is 0 Å². The zero-order chi connectivity index (χ0) is 23.2. The van der Waals surface area contributed by atoms with E-state index in [4.69, 9.17) is 4.42 Å². The van der Waals surface area contributed by atoms with Crippen LogP contribution in [0.1, 0.15) is 61.9 Å². The maximum absolute atomic E-state index is 13.2. The SMILES string of the molecule is N#C[C@H](C[C@@H]1CCNC1=O)NC(=O)[C@H](CC1CCCCC1)NC(=O)c1cc2ccccc2o1. The normalized spacial score (nSPS) is 20.6. The van der Waals surface area contributed by atoms with E-state index in [0.717, 1.165) is 31.1 Å². The Hall–Kier alpha value is -3.34. The van der Waals surface area contributed by atoms with Crippen LogP contribution >= 0.6 is 0 Å². The van der Waals surface area contributed by atoms with Crippen LogP contribution in [0, 0.1) is 23.2 Å². The first-order valence-corrected chi connectivity index (χ1v) is 11.8. The molecule has 1 saturated carbocycles. The molecule has 0 radical (unpaired) electrons. The molecule has 1 aromatic carbocycles. The van der Waals surface area contributed by atoms with Crippen LogP contribution in [0.5, 0.6) is 0 Å². The quantitative estimate of drug-likeness (QED) is 0.570. The fraction of sp³-hybridized carbons (Fsp3) is 0.520. The molecule has 1 saturated heterocycles. The molecule has 1 aliphatic heterocycles. The molecular weight excluding hydrogens is 420 g/mol. The van der Waals surface area contributed by atoms with Crippen molar-refractivity contribution in [1.29, 1.82) is 5.26 Å². The number of fused-ring (bicyclic) bond motifs is 1. The van der Waals surface area contributed by atoms with Gasteiger partial charge in [-0.05, 0) is 37.3 Å². The molecule has 3 atom stereocenters. The van der Waals surface area contributed by atoms with Gasteiger partial charge in [-0.15, -0.1) is 0 Å². The Labute approximate surface area is 193 Å². The summed E-state index contributed by atoms with van der Waals surface area (Å²) in [6, 6.07) is 9.54. The Bertz CT molecular complexity index is 1020. The lowest BCUT2D eigenvalue weighted by Gasteiger charge is -2.27. The van der Waals surface area contributed by atoms with Gasteiger partial charge in [-0.1, -0.05) is 50.3 Å². The second-order valence-corrected chi connectivity index (χ2v) is 9.12. The van der Waals surface area contributed by atoms with Crippen LogP contribution in [-0.2, 0) is 9.59 Å². The van der Waals surface area contributed by atoms with Gasteiger partial charge < -0.3 is 20.4 Å². The standard InChI is InChI=1S/C25H30N4O4/c26-15-19(13-18-10-11-27-23(18)30)28-24(31)20(12-16-6-2-1-3-7-16)29-25(32)22-14-17-8-4-5-9-21(17)33-22/h4-5,8-9,14,16,18-20H,1-3,6-7,10-13H2,(H,27,30)(H,28,31)(H,29,32)/t18-,19-,20-/m0/s1. The van der Waals surface area contributed by atoms with Crippen LogP contribution in [-0.4, -0.2) is 36.3 Å². The van der Waals surface area contributed by atoms with E-state index < -0.39 is 23.9 Å². The highest BCUT2D eigenvalue weighted by atomic mass is 16.3. The highest BCUT2D eigenvalue weighted by molar-refractivity contribution is 5.98. The zero-order valence-corrected chi connectivity index (χ0v) is 18.6. The van der Waals surface area contributed by atoms with Crippen molar-refractivity contribution in [2.75, 3.05) is 6.54 Å². The molecule has 2 fully saturated rings. The summed E-state index contributed by atoms with van der Waals surface area (Å²) < 4.78 is 5.66. The molecule has 3 amide bonds. The Morgan fingerprint density at radius 2 is 1.91 bits per heavy atom. The molecule has 33 heavy (non-hydrogen) atoms. The predicted molar refractivity (Wildman–Crippen MR) is 122 cm³/mol. The van der Waals surface area contributed by atoms with Gasteiger partial charge >= 0.3 is 0 Å². The van der Waals surface area contributed by atoms with Crippen molar-refractivity contribution in [2.45, 2.75) is 63.5 Å². The van der Waals surface area contributed by atoms with Gasteiger partial charge in [-0.2, -0.15) is 5.26 Å². The largest absolute Gasteiger partial charge is 0.451 e. The number of carbonyl (C=O) groups is 3. The lowest BCUT2D eigenvalue weighted by atomic mass is 9.84. The number of hydrogen-bond donors (Lipinski definition) is 3. The lowest BCUT2D eigenvalue weighted by molar-refractivity contribution is -0.125. The second kappa shape index (κ2) is 10.5. The molecule has 2 heterocycles. The van der Waals surface area contributed by atoms with E-state index >= 15 is 0 Å². The highest BCUT2D eigenvalue weighted by Crippen LogP contribution is 2.28. The molecule has 1 aromatic heterocycles. The van der Waals surface area contributed by atoms with Crippen molar-refractivity contribution in [3.63, 3.8) is 0 Å². The van der Waals surface area contributed by atoms with Gasteiger partial charge in [0.05, 0.1) is 6.07 Å². The summed E-state index contributed by atoms with van der Waals surface area (Å²) in [4.78, 5) is 38.0. The first-order chi connectivity index (χ1) is 16.0. The number of hydrogen-bond acceptors (Lipinski definition) is 5. The number of amides is 3. The van der Waals surface area contributed by atoms with E-state index in [1.165, 1.54) is 6.42 Å². The summed E-state index contributed by atoms with van der Waals surface area (Å²) in [5, 5.41) is 18.7. The summed E-state index contributed by atoms with van der Waals surface area (Å²) >= 11 is 0. The average Bonchev–Trinajstić information content (AvgIpc) is 3.44. The van der Waals surface area contributed by atoms with Gasteiger partial charge in [0.25, 0.3) is 5.91 Å². The minimum absolute atomic E-state index is 0.0820. The molecule has 0 spiro atoms. The fourth-order valence-electron chi connectivity index (χ4n) is 4.88.